The van der Waals surface area contributed by atoms with Crippen molar-refractivity contribution in [3.05, 3.63) is 12.7 Å². The number of nitrogens with zero attached hydrogens (tertiary/aromatic N) is 4. The molecule has 17 heavy (non-hydrogen) atoms. The van der Waals surface area contributed by atoms with Crippen molar-refractivity contribution >= 4 is 26.2 Å². The van der Waals surface area contributed by atoms with Crippen LogP contribution in [0, 0.1) is 5.92 Å². The quantitative estimate of drug-likeness (QED) is 0.488. The van der Waals surface area contributed by atoms with Crippen LogP contribution in [-0.4, -0.2) is 42.2 Å². The standard InChI is InChI=1S/C9H14N5O2P/c10-7-6-8(12-3-11-7)14(4-13-6)1-5(2-17)9(15)16/h3-5,9,15-16H,1-2,17H2,(H2,10,11,12). The predicted octanol–water partition coefficient (Wildman–Crippen LogP) is -0.790. The molecule has 8 heteroatoms. The third kappa shape index (κ3) is 2.36. The number of fused-ring (bicyclic) bond motifs is 1. The lowest BCUT2D eigenvalue weighted by atomic mass is 10.1. The molecule has 0 bridgehead atoms. The molecule has 4 N–H and O–H groups in total. The number of anilines is 1. The van der Waals surface area contributed by atoms with Crippen molar-refractivity contribution in [1.82, 2.24) is 19.5 Å². The number of nitrogen functional groups attached to an aromatic ring is 1. The summed E-state index contributed by atoms with van der Waals surface area (Å²) in [4.78, 5) is 12.0. The largest absolute Gasteiger partial charge is 0.382 e. The molecule has 2 aromatic rings. The van der Waals surface area contributed by atoms with E-state index in [2.05, 4.69) is 24.2 Å². The number of imidazole rings is 1. The summed E-state index contributed by atoms with van der Waals surface area (Å²) in [5.74, 6) is 0.0225. The van der Waals surface area contributed by atoms with Crippen LogP contribution >= 0.6 is 9.24 Å². The zero-order valence-electron chi connectivity index (χ0n) is 9.06. The molecule has 2 aromatic heterocycles. The summed E-state index contributed by atoms with van der Waals surface area (Å²) in [7, 11) is 2.49. The summed E-state index contributed by atoms with van der Waals surface area (Å²) >= 11 is 0. The lowest BCUT2D eigenvalue weighted by Crippen LogP contribution is -2.25. The van der Waals surface area contributed by atoms with Crippen LogP contribution in [0.4, 0.5) is 5.82 Å². The van der Waals surface area contributed by atoms with Crippen LogP contribution in [0.1, 0.15) is 0 Å². The molecular formula is C9H14N5O2P. The predicted molar refractivity (Wildman–Crippen MR) is 66.0 cm³/mol. The summed E-state index contributed by atoms with van der Waals surface area (Å²) < 4.78 is 1.74. The van der Waals surface area contributed by atoms with Crippen LogP contribution in [0.3, 0.4) is 0 Å². The Morgan fingerprint density at radius 3 is 2.76 bits per heavy atom. The SMILES string of the molecule is Nc1ncnc2c1ncn2CC(CP)C(O)O. The Balaban J connectivity index is 2.33. The fourth-order valence-electron chi connectivity index (χ4n) is 1.58. The Morgan fingerprint density at radius 1 is 1.35 bits per heavy atom. The number of rotatable bonds is 4. The number of hydrogen-bond acceptors (Lipinski definition) is 6. The molecule has 0 radical (unpaired) electrons. The topological polar surface area (TPSA) is 110 Å². The fraction of sp³-hybridized carbons (Fsp3) is 0.444. The molecule has 7 nitrogen and oxygen atoms in total. The van der Waals surface area contributed by atoms with Gasteiger partial charge in [0.25, 0.3) is 0 Å². The van der Waals surface area contributed by atoms with E-state index in [9.17, 15) is 10.2 Å². The third-order valence-electron chi connectivity index (χ3n) is 2.59. The van der Waals surface area contributed by atoms with Gasteiger partial charge < -0.3 is 20.5 Å². The van der Waals surface area contributed by atoms with Gasteiger partial charge in [0.2, 0.25) is 0 Å². The van der Waals surface area contributed by atoms with Crippen LogP contribution in [0.25, 0.3) is 11.2 Å². The molecule has 0 spiro atoms. The number of aliphatic hydroxyl groups excluding tert-OH is 1. The zero-order valence-corrected chi connectivity index (χ0v) is 10.2. The van der Waals surface area contributed by atoms with Crippen LogP contribution in [0.2, 0.25) is 0 Å². The average Bonchev–Trinajstić information content (AvgIpc) is 2.70. The molecule has 0 aliphatic heterocycles. The monoisotopic (exact) mass is 255 g/mol. The van der Waals surface area contributed by atoms with Crippen molar-refractivity contribution in [2.75, 3.05) is 11.9 Å². The Morgan fingerprint density at radius 2 is 2.12 bits per heavy atom. The Labute approximate surface area is 99.9 Å². The maximum atomic E-state index is 9.19. The summed E-state index contributed by atoms with van der Waals surface area (Å²) in [6.07, 6.45) is 2.13. The highest BCUT2D eigenvalue weighted by atomic mass is 31.0. The van der Waals surface area contributed by atoms with Crippen molar-refractivity contribution < 1.29 is 10.2 Å². The first kappa shape index (κ1) is 12.2. The highest BCUT2D eigenvalue weighted by molar-refractivity contribution is 7.16. The van der Waals surface area contributed by atoms with Gasteiger partial charge in [0.05, 0.1) is 6.33 Å². The lowest BCUT2D eigenvalue weighted by molar-refractivity contribution is -0.0807. The summed E-state index contributed by atoms with van der Waals surface area (Å²) in [6.45, 7) is 0.411. The second-order valence-electron chi connectivity index (χ2n) is 3.74. The molecule has 0 fully saturated rings. The molecular weight excluding hydrogens is 241 g/mol. The Bertz CT molecular complexity index is 515. The van der Waals surface area contributed by atoms with Crippen molar-refractivity contribution in [2.45, 2.75) is 12.8 Å². The normalized spacial score (nSPS) is 13.4. The fourth-order valence-corrected chi connectivity index (χ4v) is 1.97. The van der Waals surface area contributed by atoms with Crippen LogP contribution in [0.5, 0.6) is 0 Å². The number of hydrogen-bond donors (Lipinski definition) is 3. The van der Waals surface area contributed by atoms with Gasteiger partial charge in [-0.3, -0.25) is 0 Å². The van der Waals surface area contributed by atoms with Gasteiger partial charge in [0, 0.05) is 12.5 Å². The van der Waals surface area contributed by atoms with Gasteiger partial charge in [0.15, 0.2) is 17.8 Å². The van der Waals surface area contributed by atoms with Crippen LogP contribution in [0.15, 0.2) is 12.7 Å². The Hall–Kier alpha value is -1.30. The molecule has 2 heterocycles. The van der Waals surface area contributed by atoms with Gasteiger partial charge in [-0.25, -0.2) is 15.0 Å². The van der Waals surface area contributed by atoms with Crippen molar-refractivity contribution in [1.29, 1.82) is 0 Å². The summed E-state index contributed by atoms with van der Waals surface area (Å²) in [6, 6.07) is 0. The summed E-state index contributed by atoms with van der Waals surface area (Å²) in [5.41, 5.74) is 6.79. The van der Waals surface area contributed by atoms with E-state index in [1.165, 1.54) is 6.33 Å². The van der Waals surface area contributed by atoms with E-state index in [0.29, 0.717) is 29.7 Å². The maximum absolute atomic E-state index is 9.19. The van der Waals surface area contributed by atoms with E-state index in [-0.39, 0.29) is 5.92 Å². The minimum absolute atomic E-state index is 0.298. The van der Waals surface area contributed by atoms with Crippen molar-refractivity contribution in [2.24, 2.45) is 5.92 Å². The smallest absolute Gasteiger partial charge is 0.165 e. The van der Waals surface area contributed by atoms with Crippen molar-refractivity contribution in [3.63, 3.8) is 0 Å². The molecule has 2 atom stereocenters. The molecule has 0 aliphatic carbocycles. The van der Waals surface area contributed by atoms with E-state index in [1.54, 1.807) is 10.9 Å². The van der Waals surface area contributed by atoms with Gasteiger partial charge in [-0.1, -0.05) is 0 Å². The van der Waals surface area contributed by atoms with Crippen molar-refractivity contribution in [3.8, 4) is 0 Å². The number of aromatic nitrogens is 4. The Kier molecular flexibility index (Phi) is 3.51. The van der Waals surface area contributed by atoms with Gasteiger partial charge in [0.1, 0.15) is 11.8 Å². The molecule has 92 valence electrons. The second kappa shape index (κ2) is 4.91. The third-order valence-corrected chi connectivity index (χ3v) is 3.19. The van der Waals surface area contributed by atoms with Crippen LogP contribution < -0.4 is 5.73 Å². The first-order chi connectivity index (χ1) is 8.13. The zero-order chi connectivity index (χ0) is 12.4. The molecule has 0 amide bonds. The van der Waals surface area contributed by atoms with Crippen LogP contribution in [-0.2, 0) is 6.54 Å². The number of nitrogens with two attached hydrogens (primary N) is 1. The minimum Gasteiger partial charge on any atom is -0.382 e. The van der Waals surface area contributed by atoms with E-state index in [4.69, 9.17) is 5.73 Å². The maximum Gasteiger partial charge on any atom is 0.165 e. The van der Waals surface area contributed by atoms with E-state index >= 15 is 0 Å². The molecule has 0 aromatic carbocycles. The van der Waals surface area contributed by atoms with E-state index in [1.807, 2.05) is 0 Å². The van der Waals surface area contributed by atoms with Gasteiger partial charge in [-0.05, 0) is 6.16 Å². The minimum atomic E-state index is -1.37. The summed E-state index contributed by atoms with van der Waals surface area (Å²) in [5, 5.41) is 18.4. The first-order valence-corrected chi connectivity index (χ1v) is 5.92. The molecule has 0 saturated heterocycles. The highest BCUT2D eigenvalue weighted by Crippen LogP contribution is 2.17. The molecule has 2 unspecified atom stereocenters. The average molecular weight is 255 g/mol. The van der Waals surface area contributed by atoms with E-state index in [0.717, 1.165) is 0 Å². The van der Waals surface area contributed by atoms with Gasteiger partial charge in [-0.15, -0.1) is 9.24 Å². The highest BCUT2D eigenvalue weighted by Gasteiger charge is 2.17. The van der Waals surface area contributed by atoms with Gasteiger partial charge in [-0.2, -0.15) is 0 Å². The molecule has 2 rings (SSSR count). The first-order valence-electron chi connectivity index (χ1n) is 5.11. The molecule has 0 aliphatic rings. The van der Waals surface area contributed by atoms with E-state index < -0.39 is 6.29 Å². The molecule has 0 saturated carbocycles. The van der Waals surface area contributed by atoms with Gasteiger partial charge >= 0.3 is 0 Å². The lowest BCUT2D eigenvalue weighted by Gasteiger charge is -2.17. The number of aliphatic hydroxyl groups is 2. The second-order valence-corrected chi connectivity index (χ2v) is 4.21.